The Bertz CT molecular complexity index is 1560. The molecular weight excluding hydrogens is 496 g/mol. The van der Waals surface area contributed by atoms with Gasteiger partial charge < -0.3 is 10.1 Å². The first-order valence-corrected chi connectivity index (χ1v) is 13.9. The first kappa shape index (κ1) is 25.6. The van der Waals surface area contributed by atoms with Crippen molar-refractivity contribution in [1.82, 2.24) is 0 Å². The van der Waals surface area contributed by atoms with E-state index in [0.717, 1.165) is 39.5 Å². The van der Waals surface area contributed by atoms with Gasteiger partial charge in [-0.25, -0.2) is 0 Å². The van der Waals surface area contributed by atoms with Crippen LogP contribution in [0.4, 0.5) is 11.4 Å². The fourth-order valence-corrected chi connectivity index (χ4v) is 5.89. The third-order valence-corrected chi connectivity index (χ3v) is 7.77. The lowest BCUT2D eigenvalue weighted by atomic mass is 9.78. The van der Waals surface area contributed by atoms with Crippen molar-refractivity contribution in [2.75, 3.05) is 10.2 Å². The minimum Gasteiger partial charge on any atom is -0.489 e. The van der Waals surface area contributed by atoms with Gasteiger partial charge in [-0.1, -0.05) is 97.9 Å². The van der Waals surface area contributed by atoms with Gasteiger partial charge in [0.15, 0.2) is 5.78 Å². The Morgan fingerprint density at radius 1 is 0.850 bits per heavy atom. The highest BCUT2D eigenvalue weighted by Crippen LogP contribution is 2.48. The van der Waals surface area contributed by atoms with Crippen LogP contribution in [0.15, 0.2) is 120 Å². The zero-order valence-electron chi connectivity index (χ0n) is 22.5. The highest BCUT2D eigenvalue weighted by molar-refractivity contribution is 6.06. The molecule has 2 atom stereocenters. The van der Waals surface area contributed by atoms with Gasteiger partial charge in [0, 0.05) is 30.0 Å². The first-order valence-electron chi connectivity index (χ1n) is 13.9. The van der Waals surface area contributed by atoms with E-state index in [0.29, 0.717) is 31.4 Å². The van der Waals surface area contributed by atoms with Crippen LogP contribution in [0.1, 0.15) is 54.8 Å². The Morgan fingerprint density at radius 3 is 2.30 bits per heavy atom. The molecule has 1 aliphatic carbocycles. The summed E-state index contributed by atoms with van der Waals surface area (Å²) in [6.45, 7) is 2.33. The lowest BCUT2D eigenvalue weighted by Crippen LogP contribution is -2.38. The molecule has 200 valence electrons. The number of anilines is 2. The van der Waals surface area contributed by atoms with Crippen LogP contribution in [0.25, 0.3) is 0 Å². The molecule has 2 aliphatic rings. The van der Waals surface area contributed by atoms with Gasteiger partial charge in [-0.15, -0.1) is 0 Å². The van der Waals surface area contributed by atoms with Gasteiger partial charge >= 0.3 is 0 Å². The topological polar surface area (TPSA) is 58.6 Å². The number of nitrogens with zero attached hydrogens (tertiary/aromatic N) is 1. The zero-order valence-corrected chi connectivity index (χ0v) is 22.5. The van der Waals surface area contributed by atoms with Crippen molar-refractivity contribution >= 4 is 23.1 Å². The molecule has 40 heavy (non-hydrogen) atoms. The van der Waals surface area contributed by atoms with E-state index in [-0.39, 0.29) is 17.6 Å². The molecule has 2 unspecified atom stereocenters. The van der Waals surface area contributed by atoms with E-state index < -0.39 is 6.04 Å². The SMILES string of the molecule is CCC(=O)N1c2ccccc2NC2=C(C(=O)CC(c3ccccc3OCc3ccccc3)C2)C1c1ccccc1. The molecule has 0 saturated heterocycles. The Labute approximate surface area is 235 Å². The third-order valence-electron chi connectivity index (χ3n) is 7.77. The van der Waals surface area contributed by atoms with Crippen LogP contribution >= 0.6 is 0 Å². The quantitative estimate of drug-likeness (QED) is 0.280. The van der Waals surface area contributed by atoms with E-state index in [2.05, 4.69) is 11.4 Å². The molecule has 0 aromatic heterocycles. The number of amides is 1. The van der Waals surface area contributed by atoms with Gasteiger partial charge in [0.25, 0.3) is 0 Å². The van der Waals surface area contributed by atoms with Gasteiger partial charge in [0.05, 0.1) is 17.4 Å². The maximum atomic E-state index is 14.2. The number of ether oxygens (including phenoxy) is 1. The number of fused-ring (bicyclic) bond motifs is 1. The van der Waals surface area contributed by atoms with Gasteiger partial charge in [-0.2, -0.15) is 0 Å². The number of allylic oxidation sites excluding steroid dienone is 1. The number of carbonyl (C=O) groups excluding carboxylic acids is 2. The Morgan fingerprint density at radius 2 is 1.52 bits per heavy atom. The van der Waals surface area contributed by atoms with Crippen LogP contribution in [-0.2, 0) is 16.2 Å². The monoisotopic (exact) mass is 528 g/mol. The summed E-state index contributed by atoms with van der Waals surface area (Å²) in [4.78, 5) is 29.5. The zero-order chi connectivity index (χ0) is 27.5. The Kier molecular flexibility index (Phi) is 7.19. The molecular formula is C35H32N2O3. The van der Waals surface area contributed by atoms with E-state index in [9.17, 15) is 9.59 Å². The van der Waals surface area contributed by atoms with Crippen molar-refractivity contribution in [3.8, 4) is 5.75 Å². The van der Waals surface area contributed by atoms with Crippen molar-refractivity contribution in [2.24, 2.45) is 0 Å². The molecule has 5 heteroatoms. The number of carbonyl (C=O) groups is 2. The molecule has 1 N–H and O–H groups in total. The standard InChI is InChI=1S/C35H32N2O3/c1-2-33(39)37-30-19-11-10-18-28(30)36-29-21-26(22-31(38)34(29)35(37)25-15-7-4-8-16-25)27-17-9-12-20-32(27)40-23-24-13-5-3-6-14-24/h3-20,26,35-36H,2,21-23H2,1H3. The Balaban J connectivity index is 1.42. The summed E-state index contributed by atoms with van der Waals surface area (Å²) in [6, 6.07) is 35.3. The van der Waals surface area contributed by atoms with Crippen LogP contribution in [0.2, 0.25) is 0 Å². The molecule has 0 radical (unpaired) electrons. The minimum atomic E-state index is -0.502. The summed E-state index contributed by atoms with van der Waals surface area (Å²) in [6.07, 6.45) is 1.32. The van der Waals surface area contributed by atoms with E-state index in [1.54, 1.807) is 0 Å². The molecule has 4 aromatic rings. The van der Waals surface area contributed by atoms with Gasteiger partial charge in [-0.05, 0) is 41.3 Å². The van der Waals surface area contributed by atoms with Crippen LogP contribution in [0.3, 0.4) is 0 Å². The highest BCUT2D eigenvalue weighted by Gasteiger charge is 2.41. The largest absolute Gasteiger partial charge is 0.489 e. The molecule has 0 spiro atoms. The van der Waals surface area contributed by atoms with Crippen LogP contribution in [0, 0.1) is 0 Å². The highest BCUT2D eigenvalue weighted by atomic mass is 16.5. The molecule has 0 saturated carbocycles. The first-order chi connectivity index (χ1) is 19.6. The number of para-hydroxylation sites is 3. The normalized spacial score (nSPS) is 18.3. The molecule has 5 nitrogen and oxygen atoms in total. The van der Waals surface area contributed by atoms with Crippen molar-refractivity contribution in [2.45, 2.75) is 44.8 Å². The summed E-state index contributed by atoms with van der Waals surface area (Å²) in [5.41, 5.74) is 6.19. The lowest BCUT2D eigenvalue weighted by Gasteiger charge is -2.35. The predicted molar refractivity (Wildman–Crippen MR) is 158 cm³/mol. The Hall–Kier alpha value is -4.64. The lowest BCUT2D eigenvalue weighted by molar-refractivity contribution is -0.119. The van der Waals surface area contributed by atoms with Gasteiger partial charge in [-0.3, -0.25) is 14.5 Å². The number of rotatable bonds is 6. The maximum absolute atomic E-state index is 14.2. The second kappa shape index (κ2) is 11.2. The van der Waals surface area contributed by atoms with Crippen LogP contribution in [-0.4, -0.2) is 11.7 Å². The molecule has 0 fully saturated rings. The number of Topliss-reactive ketones (excluding diaryl/α,β-unsaturated/α-hetero) is 1. The molecule has 1 aliphatic heterocycles. The third kappa shape index (κ3) is 4.91. The second-order valence-corrected chi connectivity index (χ2v) is 10.3. The number of ketones is 1. The number of hydrogen-bond acceptors (Lipinski definition) is 4. The van der Waals surface area contributed by atoms with Crippen LogP contribution in [0.5, 0.6) is 5.75 Å². The minimum absolute atomic E-state index is 0.0218. The summed E-state index contributed by atoms with van der Waals surface area (Å²) in [5, 5.41) is 3.60. The summed E-state index contributed by atoms with van der Waals surface area (Å²) >= 11 is 0. The molecule has 4 aromatic carbocycles. The van der Waals surface area contributed by atoms with E-state index in [1.165, 1.54) is 0 Å². The fraction of sp³-hybridized carbons (Fsp3) is 0.200. The second-order valence-electron chi connectivity index (χ2n) is 10.3. The summed E-state index contributed by atoms with van der Waals surface area (Å²) < 4.78 is 6.28. The summed E-state index contributed by atoms with van der Waals surface area (Å²) in [5.74, 6) is 0.769. The van der Waals surface area contributed by atoms with Gasteiger partial charge in [0.2, 0.25) is 5.91 Å². The van der Waals surface area contributed by atoms with Crippen LogP contribution < -0.4 is 15.0 Å². The predicted octanol–water partition coefficient (Wildman–Crippen LogP) is 7.58. The number of benzene rings is 4. The summed E-state index contributed by atoms with van der Waals surface area (Å²) in [7, 11) is 0. The maximum Gasteiger partial charge on any atom is 0.227 e. The molecule has 6 rings (SSSR count). The van der Waals surface area contributed by atoms with Crippen molar-refractivity contribution in [3.05, 3.63) is 137 Å². The number of hydrogen-bond donors (Lipinski definition) is 1. The van der Waals surface area contributed by atoms with E-state index in [4.69, 9.17) is 4.74 Å². The average molecular weight is 529 g/mol. The van der Waals surface area contributed by atoms with E-state index >= 15 is 0 Å². The average Bonchev–Trinajstić information content (AvgIpc) is 3.15. The molecule has 1 amide bonds. The van der Waals surface area contributed by atoms with Crippen molar-refractivity contribution in [3.63, 3.8) is 0 Å². The van der Waals surface area contributed by atoms with E-state index in [1.807, 2.05) is 115 Å². The van der Waals surface area contributed by atoms with Gasteiger partial charge in [0.1, 0.15) is 12.4 Å². The van der Waals surface area contributed by atoms with Crippen molar-refractivity contribution < 1.29 is 14.3 Å². The molecule has 0 bridgehead atoms. The smallest absolute Gasteiger partial charge is 0.227 e. The fourth-order valence-electron chi connectivity index (χ4n) is 5.89. The molecule has 1 heterocycles. The number of nitrogens with one attached hydrogen (secondary N) is 1. The van der Waals surface area contributed by atoms with Crippen molar-refractivity contribution in [1.29, 1.82) is 0 Å².